The van der Waals surface area contributed by atoms with Gasteiger partial charge in [-0.05, 0) is 41.8 Å². The van der Waals surface area contributed by atoms with Crippen LogP contribution in [0.3, 0.4) is 0 Å². The summed E-state index contributed by atoms with van der Waals surface area (Å²) in [7, 11) is 0. The number of likely N-dealkylation sites (N-methyl/N-ethyl adjacent to an activating group) is 1. The number of nitrogens with one attached hydrogen (secondary N) is 1. The third-order valence-corrected chi connectivity index (χ3v) is 5.86. The number of hydrogen-bond acceptors (Lipinski definition) is 2. The van der Waals surface area contributed by atoms with Crippen LogP contribution < -0.4 is 5.32 Å². The molecule has 4 nitrogen and oxygen atoms in total. The number of carbonyl (C=O) groups is 2. The molecular weight excluding hydrogens is 462 g/mol. The number of carbonyl (C=O) groups excluding carboxylic acids is 2. The highest BCUT2D eigenvalue weighted by molar-refractivity contribution is 6.35. The van der Waals surface area contributed by atoms with E-state index in [1.54, 1.807) is 36.4 Å². The molecule has 2 amide bonds. The SMILES string of the molecule is CCNC(=O)[C@H](Cc1ccccc1)N(Cc1ccc(Cl)cc1Cl)C(=O)Cc1ccccc1F. The average Bonchev–Trinajstić information content (AvgIpc) is 2.79. The van der Waals surface area contributed by atoms with Crippen LogP contribution in [0.25, 0.3) is 0 Å². The van der Waals surface area contributed by atoms with Crippen molar-refractivity contribution in [2.75, 3.05) is 6.54 Å². The third kappa shape index (κ3) is 6.80. The summed E-state index contributed by atoms with van der Waals surface area (Å²) < 4.78 is 14.3. The van der Waals surface area contributed by atoms with Crippen molar-refractivity contribution >= 4 is 35.0 Å². The quantitative estimate of drug-likeness (QED) is 0.437. The van der Waals surface area contributed by atoms with E-state index in [0.717, 1.165) is 5.56 Å². The zero-order valence-corrected chi connectivity index (χ0v) is 19.7. The van der Waals surface area contributed by atoms with Gasteiger partial charge in [0, 0.05) is 29.6 Å². The first kappa shape index (κ1) is 24.7. The van der Waals surface area contributed by atoms with Crippen molar-refractivity contribution in [3.05, 3.63) is 105 Å². The molecule has 33 heavy (non-hydrogen) atoms. The second kappa shape index (κ2) is 11.8. The Labute approximate surface area is 203 Å². The van der Waals surface area contributed by atoms with Gasteiger partial charge >= 0.3 is 0 Å². The highest BCUT2D eigenvalue weighted by atomic mass is 35.5. The van der Waals surface area contributed by atoms with Crippen LogP contribution in [0.1, 0.15) is 23.6 Å². The van der Waals surface area contributed by atoms with Crippen LogP contribution in [0.4, 0.5) is 4.39 Å². The first-order valence-corrected chi connectivity index (χ1v) is 11.4. The zero-order chi connectivity index (χ0) is 23.8. The Morgan fingerprint density at radius 2 is 1.67 bits per heavy atom. The van der Waals surface area contributed by atoms with Gasteiger partial charge in [-0.2, -0.15) is 0 Å². The molecule has 0 fully saturated rings. The van der Waals surface area contributed by atoms with Gasteiger partial charge in [-0.15, -0.1) is 0 Å². The minimum Gasteiger partial charge on any atom is -0.355 e. The van der Waals surface area contributed by atoms with Crippen molar-refractivity contribution in [1.29, 1.82) is 0 Å². The van der Waals surface area contributed by atoms with Gasteiger partial charge in [-0.25, -0.2) is 4.39 Å². The average molecular weight is 487 g/mol. The van der Waals surface area contributed by atoms with Gasteiger partial charge in [0.25, 0.3) is 0 Å². The second-order valence-corrected chi connectivity index (χ2v) is 8.47. The lowest BCUT2D eigenvalue weighted by Gasteiger charge is -2.32. The lowest BCUT2D eigenvalue weighted by Crippen LogP contribution is -2.51. The molecule has 0 radical (unpaired) electrons. The van der Waals surface area contributed by atoms with Crippen LogP contribution in [0, 0.1) is 5.82 Å². The third-order valence-electron chi connectivity index (χ3n) is 5.28. The Bertz CT molecular complexity index is 1110. The number of benzene rings is 3. The van der Waals surface area contributed by atoms with Gasteiger partial charge in [0.2, 0.25) is 11.8 Å². The largest absolute Gasteiger partial charge is 0.355 e. The van der Waals surface area contributed by atoms with E-state index in [2.05, 4.69) is 5.32 Å². The van der Waals surface area contributed by atoms with Crippen molar-refractivity contribution in [2.24, 2.45) is 0 Å². The van der Waals surface area contributed by atoms with E-state index in [9.17, 15) is 14.0 Å². The van der Waals surface area contributed by atoms with E-state index in [0.29, 0.717) is 28.6 Å². The van der Waals surface area contributed by atoms with Gasteiger partial charge < -0.3 is 10.2 Å². The predicted molar refractivity (Wildman–Crippen MR) is 130 cm³/mol. The number of nitrogens with zero attached hydrogens (tertiary/aromatic N) is 1. The van der Waals surface area contributed by atoms with Crippen molar-refractivity contribution in [3.8, 4) is 0 Å². The number of halogens is 3. The Hall–Kier alpha value is -2.89. The number of amides is 2. The molecule has 3 rings (SSSR count). The molecule has 0 heterocycles. The summed E-state index contributed by atoms with van der Waals surface area (Å²) in [6.45, 7) is 2.32. The molecule has 0 aliphatic rings. The van der Waals surface area contributed by atoms with Gasteiger partial charge in [-0.3, -0.25) is 9.59 Å². The van der Waals surface area contributed by atoms with Crippen LogP contribution in [-0.4, -0.2) is 29.3 Å². The zero-order valence-electron chi connectivity index (χ0n) is 18.2. The van der Waals surface area contributed by atoms with E-state index in [4.69, 9.17) is 23.2 Å². The first-order valence-electron chi connectivity index (χ1n) is 10.7. The number of rotatable bonds is 9. The normalized spacial score (nSPS) is 11.6. The smallest absolute Gasteiger partial charge is 0.243 e. The molecule has 7 heteroatoms. The molecule has 0 saturated carbocycles. The van der Waals surface area contributed by atoms with Crippen LogP contribution in [0.5, 0.6) is 0 Å². The minimum atomic E-state index is -0.807. The minimum absolute atomic E-state index is 0.0813. The molecule has 1 N–H and O–H groups in total. The number of hydrogen-bond donors (Lipinski definition) is 1. The van der Waals surface area contributed by atoms with Crippen LogP contribution in [0.2, 0.25) is 10.0 Å². The Morgan fingerprint density at radius 3 is 2.33 bits per heavy atom. The van der Waals surface area contributed by atoms with E-state index >= 15 is 0 Å². The summed E-state index contributed by atoms with van der Waals surface area (Å²) in [5.74, 6) is -1.13. The molecule has 1 atom stereocenters. The molecule has 3 aromatic rings. The van der Waals surface area contributed by atoms with Gasteiger partial charge in [-0.1, -0.05) is 77.8 Å². The maximum Gasteiger partial charge on any atom is 0.243 e. The Kier molecular flexibility index (Phi) is 8.87. The van der Waals surface area contributed by atoms with E-state index in [-0.39, 0.29) is 30.3 Å². The highest BCUT2D eigenvalue weighted by Crippen LogP contribution is 2.24. The van der Waals surface area contributed by atoms with E-state index < -0.39 is 11.9 Å². The Morgan fingerprint density at radius 1 is 0.970 bits per heavy atom. The fraction of sp³-hybridized carbons (Fsp3) is 0.231. The maximum absolute atomic E-state index is 14.3. The Balaban J connectivity index is 1.99. The van der Waals surface area contributed by atoms with Gasteiger partial charge in [0.15, 0.2) is 0 Å². The van der Waals surface area contributed by atoms with E-state index in [1.807, 2.05) is 37.3 Å². The van der Waals surface area contributed by atoms with Crippen LogP contribution >= 0.6 is 23.2 Å². The standard InChI is InChI=1S/C26H25Cl2FN2O2/c1-2-30-26(33)24(14-18-8-4-3-5-9-18)31(17-20-12-13-21(27)16-22(20)28)25(32)15-19-10-6-7-11-23(19)29/h3-13,16,24H,2,14-15,17H2,1H3,(H,30,33)/t24-/m0/s1. The van der Waals surface area contributed by atoms with Crippen molar-refractivity contribution < 1.29 is 14.0 Å². The molecular formula is C26H25Cl2FN2O2. The molecule has 0 aliphatic carbocycles. The van der Waals surface area contributed by atoms with Crippen LogP contribution in [-0.2, 0) is 29.0 Å². The molecule has 172 valence electrons. The van der Waals surface area contributed by atoms with Crippen molar-refractivity contribution in [3.63, 3.8) is 0 Å². The van der Waals surface area contributed by atoms with Gasteiger partial charge in [0.1, 0.15) is 11.9 Å². The fourth-order valence-electron chi connectivity index (χ4n) is 3.59. The molecule has 0 bridgehead atoms. The summed E-state index contributed by atoms with van der Waals surface area (Å²) in [5, 5.41) is 3.68. The van der Waals surface area contributed by atoms with Crippen molar-refractivity contribution in [1.82, 2.24) is 10.2 Å². The fourth-order valence-corrected chi connectivity index (χ4v) is 4.05. The predicted octanol–water partition coefficient (Wildman–Crippen LogP) is 5.45. The molecule has 0 spiro atoms. The molecule has 0 unspecified atom stereocenters. The van der Waals surface area contributed by atoms with E-state index in [1.165, 1.54) is 11.0 Å². The first-order chi connectivity index (χ1) is 15.9. The lowest BCUT2D eigenvalue weighted by atomic mass is 10.0. The topological polar surface area (TPSA) is 49.4 Å². The second-order valence-electron chi connectivity index (χ2n) is 7.63. The summed E-state index contributed by atoms with van der Waals surface area (Å²) in [6, 6.07) is 19.8. The molecule has 3 aromatic carbocycles. The molecule has 0 saturated heterocycles. The lowest BCUT2D eigenvalue weighted by molar-refractivity contribution is -0.140. The maximum atomic E-state index is 14.3. The summed E-state index contributed by atoms with van der Waals surface area (Å²) in [4.78, 5) is 28.1. The summed E-state index contributed by atoms with van der Waals surface area (Å²) in [5.41, 5.74) is 1.81. The monoisotopic (exact) mass is 486 g/mol. The summed E-state index contributed by atoms with van der Waals surface area (Å²) >= 11 is 12.4. The summed E-state index contributed by atoms with van der Waals surface area (Å²) in [6.07, 6.45) is 0.128. The molecule has 0 aliphatic heterocycles. The molecule has 0 aromatic heterocycles. The van der Waals surface area contributed by atoms with Crippen molar-refractivity contribution in [2.45, 2.75) is 32.4 Å². The van der Waals surface area contributed by atoms with Gasteiger partial charge in [0.05, 0.1) is 6.42 Å². The van der Waals surface area contributed by atoms with Crippen LogP contribution in [0.15, 0.2) is 72.8 Å². The highest BCUT2D eigenvalue weighted by Gasteiger charge is 2.31.